The van der Waals surface area contributed by atoms with Crippen LogP contribution in [-0.2, 0) is 33.8 Å². The Bertz CT molecular complexity index is 2210. The minimum absolute atomic E-state index is 0.0600. The normalized spacial score (nSPS) is 13.3. The molecular formula is C42H38ClFN4O5S2. The second-order valence-corrected chi connectivity index (χ2v) is 15.4. The van der Waals surface area contributed by atoms with E-state index in [1.807, 2.05) is 31.2 Å². The van der Waals surface area contributed by atoms with E-state index >= 15 is 0 Å². The monoisotopic (exact) mass is 796 g/mol. The van der Waals surface area contributed by atoms with Crippen molar-refractivity contribution >= 4 is 75.2 Å². The molecule has 0 fully saturated rings. The molecule has 4 aromatic carbocycles. The van der Waals surface area contributed by atoms with E-state index in [2.05, 4.69) is 33.0 Å². The topological polar surface area (TPSA) is 117 Å². The fourth-order valence-corrected chi connectivity index (χ4v) is 8.61. The van der Waals surface area contributed by atoms with Crippen LogP contribution in [0.2, 0.25) is 5.02 Å². The summed E-state index contributed by atoms with van der Waals surface area (Å²) >= 11 is 8.96. The van der Waals surface area contributed by atoms with Crippen LogP contribution in [0.3, 0.4) is 0 Å². The highest BCUT2D eigenvalue weighted by molar-refractivity contribution is 8.00. The van der Waals surface area contributed by atoms with Crippen LogP contribution in [0.15, 0.2) is 114 Å². The van der Waals surface area contributed by atoms with Gasteiger partial charge in [-0.05, 0) is 72.5 Å². The third kappa shape index (κ3) is 9.89. The largest absolute Gasteiger partial charge is 0.465 e. The van der Waals surface area contributed by atoms with Gasteiger partial charge >= 0.3 is 5.97 Å². The third-order valence-corrected chi connectivity index (χ3v) is 11.7. The number of carbonyl (C=O) groups is 4. The van der Waals surface area contributed by atoms with Gasteiger partial charge in [0.15, 0.2) is 0 Å². The van der Waals surface area contributed by atoms with Gasteiger partial charge in [0.1, 0.15) is 16.5 Å². The molecule has 1 aromatic heterocycles. The number of rotatable bonds is 13. The van der Waals surface area contributed by atoms with Crippen LogP contribution in [0.4, 0.5) is 15.1 Å². The summed E-state index contributed by atoms with van der Waals surface area (Å²) in [6.45, 7) is 4.09. The maximum absolute atomic E-state index is 14.8. The van der Waals surface area contributed by atoms with Crippen LogP contribution in [0.25, 0.3) is 6.08 Å². The van der Waals surface area contributed by atoms with Gasteiger partial charge in [0.05, 0.1) is 22.9 Å². The first-order valence-corrected chi connectivity index (χ1v) is 19.6. The molecule has 3 N–H and O–H groups in total. The Morgan fingerprint density at radius 3 is 2.40 bits per heavy atom. The molecule has 0 radical (unpaired) electrons. The Morgan fingerprint density at radius 2 is 1.69 bits per heavy atom. The van der Waals surface area contributed by atoms with E-state index in [9.17, 15) is 23.6 Å². The van der Waals surface area contributed by atoms with E-state index in [0.29, 0.717) is 46.1 Å². The first-order valence-electron chi connectivity index (χ1n) is 17.5. The summed E-state index contributed by atoms with van der Waals surface area (Å²) in [6, 6.07) is 29.5. The van der Waals surface area contributed by atoms with Gasteiger partial charge in [-0.2, -0.15) is 0 Å². The molecule has 1 aliphatic rings. The quantitative estimate of drug-likeness (QED) is 0.0620. The Labute approximate surface area is 331 Å². The van der Waals surface area contributed by atoms with Gasteiger partial charge in [0.25, 0.3) is 11.8 Å². The maximum atomic E-state index is 14.8. The van der Waals surface area contributed by atoms with E-state index in [0.717, 1.165) is 23.5 Å². The minimum atomic E-state index is -0.713. The van der Waals surface area contributed by atoms with E-state index in [1.165, 1.54) is 60.0 Å². The number of nitrogens with zero attached hydrogens (tertiary/aromatic N) is 1. The molecule has 0 aliphatic carbocycles. The van der Waals surface area contributed by atoms with Crippen LogP contribution in [0.1, 0.15) is 55.6 Å². The molecule has 0 bridgehead atoms. The average Bonchev–Trinajstić information content (AvgIpc) is 3.55. The second kappa shape index (κ2) is 18.4. The van der Waals surface area contributed by atoms with Crippen LogP contribution >= 0.6 is 34.7 Å². The van der Waals surface area contributed by atoms with E-state index in [4.69, 9.17) is 16.3 Å². The number of amides is 3. The van der Waals surface area contributed by atoms with Crippen molar-refractivity contribution in [3.63, 3.8) is 0 Å². The number of carbonyl (C=O) groups excluding carboxylic acids is 4. The fourth-order valence-electron chi connectivity index (χ4n) is 6.10. The molecule has 6 rings (SSSR count). The molecule has 55 heavy (non-hydrogen) atoms. The zero-order valence-corrected chi connectivity index (χ0v) is 32.5. The summed E-state index contributed by atoms with van der Waals surface area (Å²) < 4.78 is 19.9. The SMILES string of the molecule is CCC(Sc1cccc(NC(=O)/C(=C\c2c(F)cccc2Cl)NC(=O)c2ccccc2)c1)C(=O)Nc1sc2c(c1C(=O)OC)CCN(Cc1ccccc1)C2. The number of thiophene rings is 1. The molecule has 1 aliphatic heterocycles. The van der Waals surface area contributed by atoms with Gasteiger partial charge in [-0.25, -0.2) is 9.18 Å². The molecular weight excluding hydrogens is 759 g/mol. The number of thioether (sulfide) groups is 1. The van der Waals surface area contributed by atoms with Gasteiger partial charge in [0.2, 0.25) is 5.91 Å². The zero-order chi connectivity index (χ0) is 38.9. The van der Waals surface area contributed by atoms with Gasteiger partial charge < -0.3 is 20.7 Å². The molecule has 0 spiro atoms. The summed E-state index contributed by atoms with van der Waals surface area (Å²) in [5.74, 6) is -2.71. The Hall–Kier alpha value is -5.27. The number of methoxy groups -OCH3 is 1. The molecule has 1 atom stereocenters. The fraction of sp³-hybridized carbons (Fsp3) is 0.190. The summed E-state index contributed by atoms with van der Waals surface area (Å²) in [5.41, 5.74) is 2.90. The number of benzene rings is 4. The number of ether oxygens (including phenoxy) is 1. The Morgan fingerprint density at radius 1 is 0.964 bits per heavy atom. The highest BCUT2D eigenvalue weighted by atomic mass is 35.5. The molecule has 2 heterocycles. The van der Waals surface area contributed by atoms with Crippen molar-refractivity contribution < 1.29 is 28.3 Å². The van der Waals surface area contributed by atoms with Crippen molar-refractivity contribution in [2.45, 2.75) is 43.0 Å². The number of anilines is 2. The van der Waals surface area contributed by atoms with Crippen LogP contribution in [-0.4, -0.2) is 47.5 Å². The first-order chi connectivity index (χ1) is 26.6. The smallest absolute Gasteiger partial charge is 0.341 e. The lowest BCUT2D eigenvalue weighted by molar-refractivity contribution is -0.116. The molecule has 0 saturated carbocycles. The van der Waals surface area contributed by atoms with Crippen molar-refractivity contribution in [3.05, 3.63) is 152 Å². The van der Waals surface area contributed by atoms with Crippen LogP contribution in [0.5, 0.6) is 0 Å². The number of esters is 1. The van der Waals surface area contributed by atoms with Gasteiger partial charge in [-0.3, -0.25) is 19.3 Å². The lowest BCUT2D eigenvalue weighted by Crippen LogP contribution is -2.30. The average molecular weight is 797 g/mol. The standard InChI is InChI=1S/C42H38ClFN4O5S2/c1-3-35(40(51)47-41-37(42(52)53-2)30-20-21-48(25-36(30)55-41)24-26-12-6-4-7-13-26)54-29-17-10-16-28(22-29)45-39(50)34(23-31-32(43)18-11-19-33(31)44)46-38(49)27-14-8-5-9-15-27/h4-19,22-23,35H,3,20-21,24-25H2,1-2H3,(H,45,50)(H,46,49)(H,47,51)/b34-23+. The highest BCUT2D eigenvalue weighted by Crippen LogP contribution is 2.39. The van der Waals surface area contributed by atoms with E-state index in [-0.39, 0.29) is 22.2 Å². The Kier molecular flexibility index (Phi) is 13.2. The van der Waals surface area contributed by atoms with Crippen LogP contribution < -0.4 is 16.0 Å². The van der Waals surface area contributed by atoms with E-state index < -0.39 is 28.9 Å². The highest BCUT2D eigenvalue weighted by Gasteiger charge is 2.31. The van der Waals surface area contributed by atoms with Gasteiger partial charge in [-0.15, -0.1) is 23.1 Å². The molecule has 0 saturated heterocycles. The molecule has 13 heteroatoms. The second-order valence-electron chi connectivity index (χ2n) is 12.6. The lowest BCUT2D eigenvalue weighted by atomic mass is 10.0. The summed E-state index contributed by atoms with van der Waals surface area (Å²) in [4.78, 5) is 57.5. The van der Waals surface area contributed by atoms with Crippen molar-refractivity contribution in [3.8, 4) is 0 Å². The summed E-state index contributed by atoms with van der Waals surface area (Å²) in [6.07, 6.45) is 2.32. The third-order valence-electron chi connectivity index (χ3n) is 8.86. The minimum Gasteiger partial charge on any atom is -0.465 e. The summed E-state index contributed by atoms with van der Waals surface area (Å²) in [5, 5.41) is 8.38. The number of fused-ring (bicyclic) bond motifs is 1. The molecule has 3 amide bonds. The maximum Gasteiger partial charge on any atom is 0.341 e. The van der Waals surface area contributed by atoms with Crippen molar-refractivity contribution in [1.29, 1.82) is 0 Å². The number of nitrogens with one attached hydrogen (secondary N) is 3. The predicted octanol–water partition coefficient (Wildman–Crippen LogP) is 8.80. The van der Waals surface area contributed by atoms with Crippen LogP contribution in [0, 0.1) is 5.82 Å². The van der Waals surface area contributed by atoms with Crippen molar-refractivity contribution in [1.82, 2.24) is 10.2 Å². The van der Waals surface area contributed by atoms with Crippen molar-refractivity contribution in [2.24, 2.45) is 0 Å². The van der Waals surface area contributed by atoms with Gasteiger partial charge in [-0.1, -0.05) is 79.2 Å². The lowest BCUT2D eigenvalue weighted by Gasteiger charge is -2.27. The Balaban J connectivity index is 1.17. The first kappa shape index (κ1) is 39.4. The number of hydrogen-bond donors (Lipinski definition) is 3. The predicted molar refractivity (Wildman–Crippen MR) is 217 cm³/mol. The van der Waals surface area contributed by atoms with E-state index in [1.54, 1.807) is 48.5 Å². The zero-order valence-electron chi connectivity index (χ0n) is 30.1. The molecule has 1 unspecified atom stereocenters. The van der Waals surface area contributed by atoms with Crippen molar-refractivity contribution in [2.75, 3.05) is 24.3 Å². The molecule has 5 aromatic rings. The molecule has 282 valence electrons. The number of halogens is 2. The molecule has 9 nitrogen and oxygen atoms in total. The number of hydrogen-bond acceptors (Lipinski definition) is 8. The summed E-state index contributed by atoms with van der Waals surface area (Å²) in [7, 11) is 1.34. The van der Waals surface area contributed by atoms with Gasteiger partial charge in [0, 0.05) is 46.2 Å².